The first-order valence-electron chi connectivity index (χ1n) is 8.57. The molecular weight excluding hydrogens is 359 g/mol. The minimum absolute atomic E-state index is 0.161. The van der Waals surface area contributed by atoms with Crippen molar-refractivity contribution in [2.24, 2.45) is 4.99 Å². The fourth-order valence-electron chi connectivity index (χ4n) is 3.18. The van der Waals surface area contributed by atoms with Crippen LogP contribution in [0.2, 0.25) is 0 Å². The molecule has 0 aromatic heterocycles. The number of benzene rings is 2. The number of fused-ring (bicyclic) bond motifs is 2. The average molecular weight is 377 g/mol. The van der Waals surface area contributed by atoms with E-state index in [0.29, 0.717) is 30.4 Å². The Hall–Kier alpha value is -2.74. The van der Waals surface area contributed by atoms with Gasteiger partial charge in [0.25, 0.3) is 0 Å². The van der Waals surface area contributed by atoms with Crippen molar-refractivity contribution < 1.29 is 22.6 Å². The lowest BCUT2D eigenvalue weighted by Crippen LogP contribution is -2.46. The van der Waals surface area contributed by atoms with E-state index < -0.39 is 11.7 Å². The molecule has 142 valence electrons. The number of ether oxygens (including phenoxy) is 2. The number of piperazine rings is 1. The zero-order chi connectivity index (χ0) is 19.0. The maximum absolute atomic E-state index is 13.1. The van der Waals surface area contributed by atoms with E-state index in [0.717, 1.165) is 30.8 Å². The largest absolute Gasteiger partial charge is 0.497 e. The maximum atomic E-state index is 13.1. The van der Waals surface area contributed by atoms with Crippen molar-refractivity contribution in [1.82, 2.24) is 10.2 Å². The molecule has 0 amide bonds. The smallest absolute Gasteiger partial charge is 0.416 e. The highest BCUT2D eigenvalue weighted by atomic mass is 19.4. The average Bonchev–Trinajstić information content (AvgIpc) is 2.83. The van der Waals surface area contributed by atoms with Crippen molar-refractivity contribution in [1.29, 1.82) is 0 Å². The van der Waals surface area contributed by atoms with Crippen LogP contribution in [-0.2, 0) is 6.18 Å². The molecule has 2 aromatic carbocycles. The first kappa shape index (κ1) is 17.7. The monoisotopic (exact) mass is 377 g/mol. The second-order valence-corrected chi connectivity index (χ2v) is 6.32. The summed E-state index contributed by atoms with van der Waals surface area (Å²) in [4.78, 5) is 6.64. The number of hydrogen-bond donors (Lipinski definition) is 1. The zero-order valence-electron chi connectivity index (χ0n) is 14.6. The Kier molecular flexibility index (Phi) is 4.43. The summed E-state index contributed by atoms with van der Waals surface area (Å²) in [6, 6.07) is 8.68. The highest BCUT2D eigenvalue weighted by molar-refractivity contribution is 6.04. The summed E-state index contributed by atoms with van der Waals surface area (Å²) in [6.07, 6.45) is -4.44. The van der Waals surface area contributed by atoms with Crippen LogP contribution in [0, 0.1) is 0 Å². The van der Waals surface area contributed by atoms with Crippen molar-refractivity contribution >= 4 is 11.5 Å². The van der Waals surface area contributed by atoms with Gasteiger partial charge in [0.1, 0.15) is 23.0 Å². The van der Waals surface area contributed by atoms with Crippen molar-refractivity contribution in [3.8, 4) is 17.2 Å². The molecule has 1 saturated heterocycles. The minimum atomic E-state index is -4.44. The number of nitrogens with one attached hydrogen (secondary N) is 1. The summed E-state index contributed by atoms with van der Waals surface area (Å²) in [5.41, 5.74) is 0.132. The predicted octanol–water partition coefficient (Wildman–Crippen LogP) is 3.80. The topological polar surface area (TPSA) is 46.1 Å². The summed E-state index contributed by atoms with van der Waals surface area (Å²) < 4.78 is 50.6. The third kappa shape index (κ3) is 3.44. The molecule has 2 heterocycles. The molecule has 4 rings (SSSR count). The second-order valence-electron chi connectivity index (χ2n) is 6.32. The number of alkyl halides is 3. The SMILES string of the molecule is COc1ccc2c(c1)Oc1ccc(C(F)(F)F)cc1N=C2N1CCNCC1. The molecule has 0 radical (unpaired) electrons. The van der Waals surface area contributed by atoms with E-state index in [1.807, 2.05) is 6.07 Å². The molecule has 2 aliphatic rings. The van der Waals surface area contributed by atoms with E-state index in [2.05, 4.69) is 15.2 Å². The maximum Gasteiger partial charge on any atom is 0.416 e. The lowest BCUT2D eigenvalue weighted by molar-refractivity contribution is -0.137. The number of halogens is 3. The standard InChI is InChI=1S/C19H18F3N3O2/c1-26-13-3-4-14-17(11-13)27-16-5-2-12(19(20,21)22)10-15(16)24-18(14)25-8-6-23-7-9-25/h2-5,10-11,23H,6-9H2,1H3. The third-order valence-electron chi connectivity index (χ3n) is 4.58. The Bertz CT molecular complexity index is 890. The van der Waals surface area contributed by atoms with Crippen molar-refractivity contribution in [2.45, 2.75) is 6.18 Å². The van der Waals surface area contributed by atoms with Gasteiger partial charge in [-0.1, -0.05) is 0 Å². The van der Waals surface area contributed by atoms with E-state index in [4.69, 9.17) is 9.47 Å². The number of nitrogens with zero attached hydrogens (tertiary/aromatic N) is 2. The molecular formula is C19H18F3N3O2. The molecule has 1 N–H and O–H groups in total. The first-order valence-corrected chi connectivity index (χ1v) is 8.57. The van der Waals surface area contributed by atoms with E-state index in [9.17, 15) is 13.2 Å². The van der Waals surface area contributed by atoms with E-state index >= 15 is 0 Å². The first-order chi connectivity index (χ1) is 13.0. The van der Waals surface area contributed by atoms with Gasteiger partial charge >= 0.3 is 6.18 Å². The summed E-state index contributed by atoms with van der Waals surface area (Å²) >= 11 is 0. The highest BCUT2D eigenvalue weighted by Gasteiger charge is 2.32. The van der Waals surface area contributed by atoms with E-state index in [-0.39, 0.29) is 11.4 Å². The van der Waals surface area contributed by atoms with Crippen LogP contribution < -0.4 is 14.8 Å². The summed E-state index contributed by atoms with van der Waals surface area (Å²) in [6.45, 7) is 2.97. The predicted molar refractivity (Wildman–Crippen MR) is 95.2 cm³/mol. The molecule has 0 atom stereocenters. The van der Waals surface area contributed by atoms with Crippen LogP contribution >= 0.6 is 0 Å². The normalized spacial score (nSPS) is 16.6. The van der Waals surface area contributed by atoms with Crippen LogP contribution in [0.5, 0.6) is 17.2 Å². The number of hydrogen-bond acceptors (Lipinski definition) is 5. The number of methoxy groups -OCH3 is 1. The number of rotatable bonds is 1. The van der Waals surface area contributed by atoms with Gasteiger partial charge in [-0.3, -0.25) is 0 Å². The van der Waals surface area contributed by atoms with Crippen molar-refractivity contribution in [3.05, 3.63) is 47.5 Å². The molecule has 8 heteroatoms. The van der Waals surface area contributed by atoms with Gasteiger partial charge in [0.15, 0.2) is 5.75 Å². The van der Waals surface area contributed by atoms with Crippen LogP contribution in [0.1, 0.15) is 11.1 Å². The van der Waals surface area contributed by atoms with Crippen LogP contribution in [0.25, 0.3) is 0 Å². The Balaban J connectivity index is 1.87. The number of amidine groups is 1. The van der Waals surface area contributed by atoms with Crippen LogP contribution in [0.15, 0.2) is 41.4 Å². The van der Waals surface area contributed by atoms with Gasteiger partial charge in [0.05, 0.1) is 18.2 Å². The lowest BCUT2D eigenvalue weighted by atomic mass is 10.1. The van der Waals surface area contributed by atoms with Crippen molar-refractivity contribution in [2.75, 3.05) is 33.3 Å². The molecule has 2 aliphatic heterocycles. The van der Waals surface area contributed by atoms with Gasteiger partial charge in [-0.25, -0.2) is 4.99 Å². The lowest BCUT2D eigenvalue weighted by Gasteiger charge is -2.30. The fraction of sp³-hybridized carbons (Fsp3) is 0.316. The Morgan fingerprint density at radius 1 is 1.07 bits per heavy atom. The molecule has 0 saturated carbocycles. The molecule has 27 heavy (non-hydrogen) atoms. The number of aliphatic imine (C=N–C) groups is 1. The quantitative estimate of drug-likeness (QED) is 0.821. The summed E-state index contributed by atoms with van der Waals surface area (Å²) in [5.74, 6) is 1.99. The molecule has 0 bridgehead atoms. The Morgan fingerprint density at radius 2 is 1.85 bits per heavy atom. The minimum Gasteiger partial charge on any atom is -0.497 e. The summed E-state index contributed by atoms with van der Waals surface area (Å²) in [7, 11) is 1.55. The van der Waals surface area contributed by atoms with Crippen molar-refractivity contribution in [3.63, 3.8) is 0 Å². The molecule has 0 aliphatic carbocycles. The third-order valence-corrected chi connectivity index (χ3v) is 4.58. The van der Waals surface area contributed by atoms with Crippen LogP contribution in [0.4, 0.5) is 18.9 Å². The molecule has 1 fully saturated rings. The van der Waals surface area contributed by atoms with E-state index in [1.165, 1.54) is 6.07 Å². The molecule has 2 aromatic rings. The van der Waals surface area contributed by atoms with Crippen LogP contribution in [0.3, 0.4) is 0 Å². The van der Waals surface area contributed by atoms with E-state index in [1.54, 1.807) is 19.2 Å². The molecule has 0 unspecified atom stereocenters. The van der Waals surface area contributed by atoms with Gasteiger partial charge < -0.3 is 19.7 Å². The van der Waals surface area contributed by atoms with Gasteiger partial charge in [0, 0.05) is 32.2 Å². The second kappa shape index (κ2) is 6.77. The van der Waals surface area contributed by atoms with Crippen LogP contribution in [-0.4, -0.2) is 44.0 Å². The van der Waals surface area contributed by atoms with Gasteiger partial charge in [-0.2, -0.15) is 13.2 Å². The molecule has 5 nitrogen and oxygen atoms in total. The highest BCUT2D eigenvalue weighted by Crippen LogP contribution is 2.42. The Morgan fingerprint density at radius 3 is 2.56 bits per heavy atom. The summed E-state index contributed by atoms with van der Waals surface area (Å²) in [5, 5.41) is 3.26. The Labute approximate surface area is 154 Å². The van der Waals surface area contributed by atoms with Gasteiger partial charge in [-0.05, 0) is 30.3 Å². The van der Waals surface area contributed by atoms with Gasteiger partial charge in [-0.15, -0.1) is 0 Å². The molecule has 0 spiro atoms. The zero-order valence-corrected chi connectivity index (χ0v) is 14.6. The van der Waals surface area contributed by atoms with Gasteiger partial charge in [0.2, 0.25) is 0 Å². The fourth-order valence-corrected chi connectivity index (χ4v) is 3.18.